The molecule has 1 saturated heterocycles. The van der Waals surface area contributed by atoms with E-state index in [2.05, 4.69) is 9.97 Å². The van der Waals surface area contributed by atoms with Crippen LogP contribution in [-0.4, -0.2) is 39.2 Å². The molecule has 6 nitrogen and oxygen atoms in total. The number of aliphatic carboxylic acids is 1. The zero-order valence-electron chi connectivity index (χ0n) is 13.1. The Bertz CT molecular complexity index is 533. The summed E-state index contributed by atoms with van der Waals surface area (Å²) in [5, 5.41) is 9.58. The quantitative estimate of drug-likeness (QED) is 0.918. The van der Waals surface area contributed by atoms with Crippen LogP contribution in [0.2, 0.25) is 0 Å². The third kappa shape index (κ3) is 3.25. The lowest BCUT2D eigenvalue weighted by molar-refractivity contribution is -0.143. The fraction of sp³-hybridized carbons (Fsp3) is 0.667. The molecule has 0 aliphatic carbocycles. The second-order valence-corrected chi connectivity index (χ2v) is 6.00. The molecule has 0 amide bonds. The number of carboxylic acid groups (broad SMARTS) is 1. The number of hydrogen-bond acceptors (Lipinski definition) is 5. The SMILES string of the molecule is Cc1cc(OC(C)C)nc(N2CCCCC2(C)C(=O)O)n1. The van der Waals surface area contributed by atoms with Gasteiger partial charge in [0.2, 0.25) is 11.8 Å². The molecule has 0 radical (unpaired) electrons. The largest absolute Gasteiger partial charge is 0.480 e. The van der Waals surface area contributed by atoms with Crippen molar-refractivity contribution in [2.45, 2.75) is 58.6 Å². The Balaban J connectivity index is 2.39. The number of rotatable bonds is 4. The molecule has 1 atom stereocenters. The molecule has 2 rings (SSSR count). The smallest absolute Gasteiger partial charge is 0.329 e. The van der Waals surface area contributed by atoms with Crippen LogP contribution in [0.4, 0.5) is 5.95 Å². The number of carboxylic acids is 1. The molecule has 1 aliphatic heterocycles. The molecule has 1 fully saturated rings. The highest BCUT2D eigenvalue weighted by atomic mass is 16.5. The summed E-state index contributed by atoms with van der Waals surface area (Å²) in [4.78, 5) is 22.3. The summed E-state index contributed by atoms with van der Waals surface area (Å²) in [6, 6.07) is 1.77. The summed E-state index contributed by atoms with van der Waals surface area (Å²) < 4.78 is 5.63. The van der Waals surface area contributed by atoms with Crippen molar-refractivity contribution >= 4 is 11.9 Å². The molecule has 1 aromatic heterocycles. The standard InChI is InChI=1S/C15H23N3O3/c1-10(2)21-12-9-11(3)16-14(17-12)18-8-6-5-7-15(18,4)13(19)20/h9-10H,5-8H2,1-4H3,(H,19,20). The zero-order valence-corrected chi connectivity index (χ0v) is 13.1. The van der Waals surface area contributed by atoms with Gasteiger partial charge < -0.3 is 14.7 Å². The topological polar surface area (TPSA) is 75.5 Å². The molecule has 0 aromatic carbocycles. The molecule has 1 aromatic rings. The van der Waals surface area contributed by atoms with Crippen LogP contribution in [0.5, 0.6) is 5.88 Å². The van der Waals surface area contributed by atoms with Gasteiger partial charge in [-0.2, -0.15) is 4.98 Å². The fourth-order valence-electron chi connectivity index (χ4n) is 2.61. The van der Waals surface area contributed by atoms with Crippen LogP contribution in [0.15, 0.2) is 6.07 Å². The third-order valence-corrected chi connectivity index (χ3v) is 3.77. The highest BCUT2D eigenvalue weighted by Crippen LogP contribution is 2.32. The van der Waals surface area contributed by atoms with Crippen molar-refractivity contribution in [2.75, 3.05) is 11.4 Å². The van der Waals surface area contributed by atoms with E-state index in [1.807, 2.05) is 20.8 Å². The van der Waals surface area contributed by atoms with Crippen molar-refractivity contribution in [2.24, 2.45) is 0 Å². The number of ether oxygens (including phenoxy) is 1. The van der Waals surface area contributed by atoms with Gasteiger partial charge in [-0.15, -0.1) is 0 Å². The Hall–Kier alpha value is -1.85. The van der Waals surface area contributed by atoms with E-state index in [1.54, 1.807) is 17.9 Å². The molecule has 2 heterocycles. The molecule has 0 saturated carbocycles. The minimum absolute atomic E-state index is 0.0133. The van der Waals surface area contributed by atoms with Gasteiger partial charge in [0.05, 0.1) is 6.10 Å². The van der Waals surface area contributed by atoms with Gasteiger partial charge in [0, 0.05) is 18.3 Å². The Morgan fingerprint density at radius 1 is 1.43 bits per heavy atom. The average Bonchev–Trinajstić information content (AvgIpc) is 2.37. The summed E-state index contributed by atoms with van der Waals surface area (Å²) in [5.41, 5.74) is -0.185. The number of carbonyl (C=O) groups is 1. The van der Waals surface area contributed by atoms with Crippen LogP contribution in [0, 0.1) is 6.92 Å². The van der Waals surface area contributed by atoms with Crippen molar-refractivity contribution in [3.05, 3.63) is 11.8 Å². The minimum atomic E-state index is -0.957. The van der Waals surface area contributed by atoms with Gasteiger partial charge >= 0.3 is 5.97 Å². The van der Waals surface area contributed by atoms with E-state index in [0.29, 0.717) is 24.8 Å². The van der Waals surface area contributed by atoms with Gasteiger partial charge in [-0.1, -0.05) is 0 Å². The normalized spacial score (nSPS) is 22.4. The van der Waals surface area contributed by atoms with E-state index < -0.39 is 11.5 Å². The van der Waals surface area contributed by atoms with Crippen molar-refractivity contribution in [1.82, 2.24) is 9.97 Å². The van der Waals surface area contributed by atoms with Gasteiger partial charge in [0.25, 0.3) is 0 Å². The lowest BCUT2D eigenvalue weighted by atomic mass is 9.89. The van der Waals surface area contributed by atoms with Crippen LogP contribution >= 0.6 is 0 Å². The third-order valence-electron chi connectivity index (χ3n) is 3.77. The van der Waals surface area contributed by atoms with Crippen LogP contribution in [0.3, 0.4) is 0 Å². The molecule has 21 heavy (non-hydrogen) atoms. The van der Waals surface area contributed by atoms with Crippen molar-refractivity contribution in [3.8, 4) is 5.88 Å². The van der Waals surface area contributed by atoms with Gasteiger partial charge in [-0.3, -0.25) is 0 Å². The molecular weight excluding hydrogens is 270 g/mol. The average molecular weight is 293 g/mol. The molecule has 1 aliphatic rings. The maximum atomic E-state index is 11.7. The summed E-state index contributed by atoms with van der Waals surface area (Å²) in [6.45, 7) is 8.11. The highest BCUT2D eigenvalue weighted by molar-refractivity contribution is 5.82. The first-order valence-electron chi connectivity index (χ1n) is 7.36. The summed E-state index contributed by atoms with van der Waals surface area (Å²) in [6.07, 6.45) is 2.46. The highest BCUT2D eigenvalue weighted by Gasteiger charge is 2.42. The second-order valence-electron chi connectivity index (χ2n) is 6.00. The van der Waals surface area contributed by atoms with E-state index in [-0.39, 0.29) is 6.10 Å². The Morgan fingerprint density at radius 2 is 2.14 bits per heavy atom. The lowest BCUT2D eigenvalue weighted by Crippen LogP contribution is -2.56. The van der Waals surface area contributed by atoms with Gasteiger partial charge in [-0.25, -0.2) is 9.78 Å². The predicted octanol–water partition coefficient (Wildman–Crippen LogP) is 2.41. The zero-order chi connectivity index (χ0) is 15.6. The minimum Gasteiger partial charge on any atom is -0.480 e. The summed E-state index contributed by atoms with van der Waals surface area (Å²) in [7, 11) is 0. The summed E-state index contributed by atoms with van der Waals surface area (Å²) >= 11 is 0. The first-order valence-corrected chi connectivity index (χ1v) is 7.36. The van der Waals surface area contributed by atoms with E-state index in [0.717, 1.165) is 18.5 Å². The van der Waals surface area contributed by atoms with Crippen LogP contribution in [-0.2, 0) is 4.79 Å². The molecule has 116 valence electrons. The van der Waals surface area contributed by atoms with Crippen LogP contribution in [0.25, 0.3) is 0 Å². The number of nitrogens with zero attached hydrogens (tertiary/aromatic N) is 3. The number of hydrogen-bond donors (Lipinski definition) is 1. The predicted molar refractivity (Wildman–Crippen MR) is 79.8 cm³/mol. The van der Waals surface area contributed by atoms with Crippen molar-refractivity contribution in [1.29, 1.82) is 0 Å². The van der Waals surface area contributed by atoms with Gasteiger partial charge in [0.1, 0.15) is 5.54 Å². The lowest BCUT2D eigenvalue weighted by Gasteiger charge is -2.41. The molecular formula is C15H23N3O3. The van der Waals surface area contributed by atoms with Crippen molar-refractivity contribution < 1.29 is 14.6 Å². The first-order chi connectivity index (χ1) is 9.83. The van der Waals surface area contributed by atoms with E-state index in [1.165, 1.54) is 0 Å². The van der Waals surface area contributed by atoms with Gasteiger partial charge in [0.15, 0.2) is 0 Å². The molecule has 0 bridgehead atoms. The maximum Gasteiger partial charge on any atom is 0.329 e. The number of aryl methyl sites for hydroxylation is 1. The monoisotopic (exact) mass is 293 g/mol. The van der Waals surface area contributed by atoms with Crippen LogP contribution in [0.1, 0.15) is 45.7 Å². The Kier molecular flexibility index (Phi) is 4.34. The number of aromatic nitrogens is 2. The Labute approximate surface area is 125 Å². The molecule has 1 N–H and O–H groups in total. The first kappa shape index (κ1) is 15.5. The van der Waals surface area contributed by atoms with Crippen LogP contribution < -0.4 is 9.64 Å². The molecule has 1 unspecified atom stereocenters. The van der Waals surface area contributed by atoms with Gasteiger partial charge in [-0.05, 0) is 47.0 Å². The number of piperidine rings is 1. The maximum absolute atomic E-state index is 11.7. The Morgan fingerprint density at radius 3 is 2.76 bits per heavy atom. The fourth-order valence-corrected chi connectivity index (χ4v) is 2.61. The van der Waals surface area contributed by atoms with E-state index >= 15 is 0 Å². The van der Waals surface area contributed by atoms with Crippen molar-refractivity contribution in [3.63, 3.8) is 0 Å². The van der Waals surface area contributed by atoms with E-state index in [4.69, 9.17) is 4.74 Å². The second kappa shape index (κ2) is 5.87. The van der Waals surface area contributed by atoms with E-state index in [9.17, 15) is 9.90 Å². The molecule has 0 spiro atoms. The number of anilines is 1. The summed E-state index contributed by atoms with van der Waals surface area (Å²) in [5.74, 6) is 0.0969. The molecule has 6 heteroatoms.